The highest BCUT2D eigenvalue weighted by molar-refractivity contribution is 5.80. The summed E-state index contributed by atoms with van der Waals surface area (Å²) in [6.07, 6.45) is 3.69. The van der Waals surface area contributed by atoms with Crippen LogP contribution in [0.25, 0.3) is 0 Å². The van der Waals surface area contributed by atoms with Gasteiger partial charge in [0.1, 0.15) is 0 Å². The van der Waals surface area contributed by atoms with Gasteiger partial charge in [-0.05, 0) is 32.2 Å². The summed E-state index contributed by atoms with van der Waals surface area (Å²) >= 11 is 0. The lowest BCUT2D eigenvalue weighted by atomic mass is 9.96. The maximum Gasteiger partial charge on any atom is 0.236 e. The highest BCUT2D eigenvalue weighted by Crippen LogP contribution is 2.18. The van der Waals surface area contributed by atoms with Gasteiger partial charge in [-0.1, -0.05) is 0 Å². The Labute approximate surface area is 143 Å². The molecule has 3 saturated heterocycles. The predicted molar refractivity (Wildman–Crippen MR) is 88.5 cm³/mol. The molecule has 1 unspecified atom stereocenters. The largest absolute Gasteiger partial charge is 0.381 e. The zero-order valence-electron chi connectivity index (χ0n) is 14.4. The molecule has 136 valence electrons. The molecule has 0 bridgehead atoms. The lowest BCUT2D eigenvalue weighted by molar-refractivity contribution is -0.138. The predicted octanol–water partition coefficient (Wildman–Crippen LogP) is -0.148. The van der Waals surface area contributed by atoms with Crippen LogP contribution in [0.1, 0.15) is 25.7 Å². The SMILES string of the molecule is O=C(NC1CCOCC1)C1CCCN(CC(=O)N2CCOCC2)C1. The molecular weight excluding hydrogens is 310 g/mol. The third-order valence-electron chi connectivity index (χ3n) is 5.17. The summed E-state index contributed by atoms with van der Waals surface area (Å²) in [7, 11) is 0. The van der Waals surface area contributed by atoms with Gasteiger partial charge >= 0.3 is 0 Å². The van der Waals surface area contributed by atoms with E-state index in [1.165, 1.54) is 0 Å². The fourth-order valence-electron chi connectivity index (χ4n) is 3.68. The van der Waals surface area contributed by atoms with E-state index in [4.69, 9.17) is 9.47 Å². The van der Waals surface area contributed by atoms with Crippen LogP contribution in [0.4, 0.5) is 0 Å². The van der Waals surface area contributed by atoms with Crippen molar-refractivity contribution in [3.05, 3.63) is 0 Å². The highest BCUT2D eigenvalue weighted by Gasteiger charge is 2.29. The number of likely N-dealkylation sites (tertiary alicyclic amines) is 1. The highest BCUT2D eigenvalue weighted by atomic mass is 16.5. The number of nitrogens with one attached hydrogen (secondary N) is 1. The maximum absolute atomic E-state index is 12.5. The van der Waals surface area contributed by atoms with Gasteiger partial charge in [-0.2, -0.15) is 0 Å². The Morgan fingerprint density at radius 3 is 2.42 bits per heavy atom. The van der Waals surface area contributed by atoms with Gasteiger partial charge in [-0.25, -0.2) is 0 Å². The minimum Gasteiger partial charge on any atom is -0.381 e. The number of nitrogens with zero attached hydrogens (tertiary/aromatic N) is 2. The van der Waals surface area contributed by atoms with Crippen molar-refractivity contribution in [2.24, 2.45) is 5.92 Å². The van der Waals surface area contributed by atoms with E-state index in [9.17, 15) is 9.59 Å². The second kappa shape index (κ2) is 8.78. The Balaban J connectivity index is 1.44. The molecule has 0 spiro atoms. The monoisotopic (exact) mass is 339 g/mol. The van der Waals surface area contributed by atoms with Gasteiger partial charge in [0, 0.05) is 38.9 Å². The number of carbonyl (C=O) groups excluding carboxylic acids is 2. The number of ether oxygens (including phenoxy) is 2. The minimum absolute atomic E-state index is 0.000848. The van der Waals surface area contributed by atoms with E-state index in [1.54, 1.807) is 0 Å². The number of morpholine rings is 1. The molecule has 0 saturated carbocycles. The standard InChI is InChI=1S/C17H29N3O4/c21-16(20-6-10-24-11-7-20)13-19-5-1-2-14(12-19)17(22)18-15-3-8-23-9-4-15/h14-15H,1-13H2,(H,18,22). The molecule has 0 aromatic carbocycles. The third-order valence-corrected chi connectivity index (χ3v) is 5.17. The molecular formula is C17H29N3O4. The van der Waals surface area contributed by atoms with Crippen molar-refractivity contribution >= 4 is 11.8 Å². The Morgan fingerprint density at radius 2 is 1.67 bits per heavy atom. The van der Waals surface area contributed by atoms with E-state index >= 15 is 0 Å². The molecule has 1 N–H and O–H groups in total. The quantitative estimate of drug-likeness (QED) is 0.771. The number of amides is 2. The lowest BCUT2D eigenvalue weighted by Gasteiger charge is -2.35. The zero-order valence-corrected chi connectivity index (χ0v) is 14.4. The Kier molecular flexibility index (Phi) is 6.45. The van der Waals surface area contributed by atoms with Crippen LogP contribution in [-0.4, -0.2) is 86.8 Å². The van der Waals surface area contributed by atoms with Gasteiger partial charge in [-0.15, -0.1) is 0 Å². The smallest absolute Gasteiger partial charge is 0.236 e. The van der Waals surface area contributed by atoms with Crippen LogP contribution in [0.15, 0.2) is 0 Å². The van der Waals surface area contributed by atoms with E-state index in [2.05, 4.69) is 10.2 Å². The number of carbonyl (C=O) groups is 2. The zero-order chi connectivity index (χ0) is 16.8. The minimum atomic E-state index is -0.000848. The molecule has 1 atom stereocenters. The molecule has 3 heterocycles. The molecule has 0 radical (unpaired) electrons. The van der Waals surface area contributed by atoms with E-state index in [1.807, 2.05) is 4.90 Å². The van der Waals surface area contributed by atoms with Gasteiger partial charge in [0.05, 0.1) is 25.7 Å². The van der Waals surface area contributed by atoms with Crippen molar-refractivity contribution in [1.82, 2.24) is 15.1 Å². The first-order valence-corrected chi connectivity index (χ1v) is 9.18. The summed E-state index contributed by atoms with van der Waals surface area (Å²) in [4.78, 5) is 28.9. The van der Waals surface area contributed by atoms with Crippen LogP contribution in [0.3, 0.4) is 0 Å². The normalized spacial score (nSPS) is 27.0. The summed E-state index contributed by atoms with van der Waals surface area (Å²) in [6.45, 7) is 6.08. The lowest BCUT2D eigenvalue weighted by Crippen LogP contribution is -2.50. The number of hydrogen-bond donors (Lipinski definition) is 1. The molecule has 0 aromatic rings. The van der Waals surface area contributed by atoms with Gasteiger partial charge < -0.3 is 19.7 Å². The van der Waals surface area contributed by atoms with Crippen LogP contribution in [0.5, 0.6) is 0 Å². The van der Waals surface area contributed by atoms with Crippen LogP contribution >= 0.6 is 0 Å². The van der Waals surface area contributed by atoms with Gasteiger partial charge in [0.15, 0.2) is 0 Å². The Bertz CT molecular complexity index is 434. The number of rotatable bonds is 4. The summed E-state index contributed by atoms with van der Waals surface area (Å²) in [5, 5.41) is 3.17. The van der Waals surface area contributed by atoms with Gasteiger partial charge in [0.25, 0.3) is 0 Å². The van der Waals surface area contributed by atoms with Gasteiger partial charge in [-0.3, -0.25) is 14.5 Å². The first-order chi connectivity index (χ1) is 11.7. The van der Waals surface area contributed by atoms with Crippen LogP contribution in [0.2, 0.25) is 0 Å². The van der Waals surface area contributed by atoms with E-state index in [0.29, 0.717) is 39.4 Å². The number of piperidine rings is 1. The molecule has 3 aliphatic rings. The summed E-state index contributed by atoms with van der Waals surface area (Å²) in [5.41, 5.74) is 0. The second-order valence-corrected chi connectivity index (χ2v) is 6.96. The van der Waals surface area contributed by atoms with Crippen molar-refractivity contribution in [3.8, 4) is 0 Å². The van der Waals surface area contributed by atoms with Crippen molar-refractivity contribution in [2.75, 3.05) is 59.2 Å². The fraction of sp³-hybridized carbons (Fsp3) is 0.882. The van der Waals surface area contributed by atoms with Crippen molar-refractivity contribution in [1.29, 1.82) is 0 Å². The first kappa shape index (κ1) is 17.6. The van der Waals surface area contributed by atoms with Crippen LogP contribution in [-0.2, 0) is 19.1 Å². The van der Waals surface area contributed by atoms with Crippen LogP contribution < -0.4 is 5.32 Å². The van der Waals surface area contributed by atoms with Crippen molar-refractivity contribution in [3.63, 3.8) is 0 Å². The average Bonchev–Trinajstić information content (AvgIpc) is 2.63. The molecule has 0 aliphatic carbocycles. The van der Waals surface area contributed by atoms with Gasteiger partial charge in [0.2, 0.25) is 11.8 Å². The van der Waals surface area contributed by atoms with E-state index < -0.39 is 0 Å². The van der Waals surface area contributed by atoms with Crippen molar-refractivity contribution < 1.29 is 19.1 Å². The average molecular weight is 339 g/mol. The van der Waals surface area contributed by atoms with E-state index in [-0.39, 0.29) is 23.8 Å². The number of hydrogen-bond acceptors (Lipinski definition) is 5. The summed E-state index contributed by atoms with van der Waals surface area (Å²) < 4.78 is 10.6. The molecule has 3 aliphatic heterocycles. The molecule has 7 heteroatoms. The molecule has 7 nitrogen and oxygen atoms in total. The molecule has 3 fully saturated rings. The third kappa shape index (κ3) is 4.91. The molecule has 0 aromatic heterocycles. The topological polar surface area (TPSA) is 71.1 Å². The Morgan fingerprint density at radius 1 is 0.958 bits per heavy atom. The first-order valence-electron chi connectivity index (χ1n) is 9.18. The second-order valence-electron chi connectivity index (χ2n) is 6.96. The van der Waals surface area contributed by atoms with Crippen LogP contribution in [0, 0.1) is 5.92 Å². The Hall–Kier alpha value is -1.18. The fourth-order valence-corrected chi connectivity index (χ4v) is 3.68. The van der Waals surface area contributed by atoms with E-state index in [0.717, 1.165) is 45.4 Å². The molecule has 24 heavy (non-hydrogen) atoms. The summed E-state index contributed by atoms with van der Waals surface area (Å²) in [5.74, 6) is 0.299. The molecule has 2 amide bonds. The summed E-state index contributed by atoms with van der Waals surface area (Å²) in [6, 6.07) is 0.247. The van der Waals surface area contributed by atoms with Crippen molar-refractivity contribution in [2.45, 2.75) is 31.7 Å². The maximum atomic E-state index is 12.5. The molecule has 3 rings (SSSR count).